The van der Waals surface area contributed by atoms with E-state index < -0.39 is 48.6 Å². The van der Waals surface area contributed by atoms with Crippen molar-refractivity contribution in [1.82, 2.24) is 0 Å². The highest BCUT2D eigenvalue weighted by atomic mass is 16.7. The highest BCUT2D eigenvalue weighted by Crippen LogP contribution is 2.29. The summed E-state index contributed by atoms with van der Waals surface area (Å²) in [5, 5.41) is 3.45. The maximum absolute atomic E-state index is 11.3. The number of hydrogen-bond donors (Lipinski definition) is 0. The zero-order chi connectivity index (χ0) is 16.9. The summed E-state index contributed by atoms with van der Waals surface area (Å²) >= 11 is 0. The van der Waals surface area contributed by atoms with Gasteiger partial charge in [-0.1, -0.05) is 5.11 Å². The lowest BCUT2D eigenvalue weighted by Crippen LogP contribution is -2.59. The Hall–Kier alpha value is -2.32. The summed E-state index contributed by atoms with van der Waals surface area (Å²) in [6, 6.07) is -1.18. The van der Waals surface area contributed by atoms with Gasteiger partial charge in [0.2, 0.25) is 6.29 Å². The first kappa shape index (κ1) is 17.7. The van der Waals surface area contributed by atoms with Gasteiger partial charge in [0.15, 0.2) is 12.2 Å². The Morgan fingerprint density at radius 2 is 1.50 bits per heavy atom. The average molecular weight is 315 g/mol. The molecule has 22 heavy (non-hydrogen) atoms. The predicted molar refractivity (Wildman–Crippen MR) is 70.1 cm³/mol. The van der Waals surface area contributed by atoms with Crippen LogP contribution in [-0.4, -0.2) is 48.6 Å². The average Bonchev–Trinajstić information content (AvgIpc) is 2.36. The minimum Gasteiger partial charge on any atom is -0.458 e. The van der Waals surface area contributed by atoms with E-state index >= 15 is 0 Å². The molecule has 10 nitrogen and oxygen atoms in total. The Bertz CT molecular complexity index is 503. The number of nitrogens with zero attached hydrogens (tertiary/aromatic N) is 3. The van der Waals surface area contributed by atoms with Crippen molar-refractivity contribution in [2.75, 3.05) is 0 Å². The summed E-state index contributed by atoms with van der Waals surface area (Å²) in [5.74, 6) is -1.96. The van der Waals surface area contributed by atoms with Gasteiger partial charge in [-0.05, 0) is 12.5 Å². The van der Waals surface area contributed by atoms with Crippen LogP contribution in [0.1, 0.15) is 27.7 Å². The third-order valence-electron chi connectivity index (χ3n) is 2.82. The van der Waals surface area contributed by atoms with Gasteiger partial charge in [0.25, 0.3) is 0 Å². The fourth-order valence-corrected chi connectivity index (χ4v) is 2.11. The number of carbonyl (C=O) groups excluding carboxylic acids is 3. The molecule has 0 N–H and O–H groups in total. The minimum absolute atomic E-state index is 0.622. The van der Waals surface area contributed by atoms with Crippen molar-refractivity contribution in [3.8, 4) is 0 Å². The summed E-state index contributed by atoms with van der Waals surface area (Å²) in [7, 11) is 0. The first-order valence-electron chi connectivity index (χ1n) is 6.47. The van der Waals surface area contributed by atoms with Crippen LogP contribution in [-0.2, 0) is 33.3 Å². The number of azide groups is 1. The monoisotopic (exact) mass is 315 g/mol. The van der Waals surface area contributed by atoms with E-state index in [1.807, 2.05) is 0 Å². The Kier molecular flexibility index (Phi) is 6.14. The molecular formula is C12H17N3O7. The lowest BCUT2D eigenvalue weighted by atomic mass is 9.97. The van der Waals surface area contributed by atoms with E-state index in [-0.39, 0.29) is 0 Å². The number of esters is 3. The van der Waals surface area contributed by atoms with Gasteiger partial charge in [-0.3, -0.25) is 14.4 Å². The largest absolute Gasteiger partial charge is 0.458 e. The second kappa shape index (κ2) is 7.62. The molecule has 0 aromatic carbocycles. The topological polar surface area (TPSA) is 137 Å². The molecule has 0 aliphatic carbocycles. The Balaban J connectivity index is 3.16. The van der Waals surface area contributed by atoms with Crippen LogP contribution in [0.15, 0.2) is 5.11 Å². The highest BCUT2D eigenvalue weighted by molar-refractivity contribution is 5.68. The lowest BCUT2D eigenvalue weighted by Gasteiger charge is -2.41. The predicted octanol–water partition coefficient (Wildman–Crippen LogP) is 0.837. The smallest absolute Gasteiger partial charge is 0.304 e. The van der Waals surface area contributed by atoms with E-state index in [4.69, 9.17) is 24.5 Å². The summed E-state index contributed by atoms with van der Waals surface area (Å²) < 4.78 is 20.5. The fraction of sp³-hybridized carbons (Fsp3) is 0.750. The van der Waals surface area contributed by atoms with Crippen LogP contribution in [0.3, 0.4) is 0 Å². The normalized spacial score (nSPS) is 30.6. The zero-order valence-electron chi connectivity index (χ0n) is 12.6. The van der Waals surface area contributed by atoms with Crippen LogP contribution in [0.2, 0.25) is 0 Å². The van der Waals surface area contributed by atoms with E-state index in [2.05, 4.69) is 10.0 Å². The second-order valence-electron chi connectivity index (χ2n) is 4.66. The van der Waals surface area contributed by atoms with Crippen molar-refractivity contribution >= 4 is 17.9 Å². The molecule has 10 heteroatoms. The molecule has 1 fully saturated rings. The van der Waals surface area contributed by atoms with Gasteiger partial charge in [0.05, 0.1) is 6.10 Å². The van der Waals surface area contributed by atoms with Crippen LogP contribution < -0.4 is 0 Å². The maximum atomic E-state index is 11.3. The maximum Gasteiger partial charge on any atom is 0.304 e. The third-order valence-corrected chi connectivity index (χ3v) is 2.82. The number of carbonyl (C=O) groups is 3. The van der Waals surface area contributed by atoms with Crippen LogP contribution in [0.5, 0.6) is 0 Å². The van der Waals surface area contributed by atoms with Gasteiger partial charge in [-0.15, -0.1) is 0 Å². The first-order valence-corrected chi connectivity index (χ1v) is 6.47. The number of hydrogen-bond acceptors (Lipinski definition) is 8. The van der Waals surface area contributed by atoms with Crippen LogP contribution >= 0.6 is 0 Å². The molecule has 0 bridgehead atoms. The van der Waals surface area contributed by atoms with Crippen LogP contribution in [0, 0.1) is 0 Å². The molecule has 0 aromatic rings. The Morgan fingerprint density at radius 3 is 1.95 bits per heavy atom. The molecule has 1 aliphatic heterocycles. The molecule has 0 aromatic heterocycles. The van der Waals surface area contributed by atoms with Crippen molar-refractivity contribution in [3.63, 3.8) is 0 Å². The molecule has 1 saturated heterocycles. The molecule has 3 unspecified atom stereocenters. The van der Waals surface area contributed by atoms with Gasteiger partial charge in [-0.25, -0.2) is 0 Å². The van der Waals surface area contributed by atoms with Gasteiger partial charge < -0.3 is 18.9 Å². The van der Waals surface area contributed by atoms with Crippen molar-refractivity contribution in [2.24, 2.45) is 5.11 Å². The highest BCUT2D eigenvalue weighted by Gasteiger charge is 2.49. The van der Waals surface area contributed by atoms with E-state index in [1.54, 1.807) is 6.92 Å². The third kappa shape index (κ3) is 4.61. The quantitative estimate of drug-likeness (QED) is 0.246. The van der Waals surface area contributed by atoms with Crippen molar-refractivity contribution < 1.29 is 33.3 Å². The van der Waals surface area contributed by atoms with Gasteiger partial charge in [-0.2, -0.15) is 0 Å². The van der Waals surface area contributed by atoms with Gasteiger partial charge >= 0.3 is 17.9 Å². The number of ether oxygens (including phenoxy) is 4. The van der Waals surface area contributed by atoms with E-state index in [0.29, 0.717) is 0 Å². The van der Waals surface area contributed by atoms with Crippen molar-refractivity contribution in [3.05, 3.63) is 10.4 Å². The van der Waals surface area contributed by atoms with E-state index in [9.17, 15) is 14.4 Å². The molecular weight excluding hydrogens is 298 g/mol. The van der Waals surface area contributed by atoms with E-state index in [0.717, 1.165) is 13.8 Å². The minimum atomic E-state index is -1.25. The lowest BCUT2D eigenvalue weighted by molar-refractivity contribution is -0.257. The summed E-state index contributed by atoms with van der Waals surface area (Å²) in [5.41, 5.74) is 8.67. The van der Waals surface area contributed by atoms with Crippen molar-refractivity contribution in [2.45, 2.75) is 58.3 Å². The van der Waals surface area contributed by atoms with Gasteiger partial charge in [0, 0.05) is 25.7 Å². The SMILES string of the molecule is CC(=O)OC1C(N=[N+]=[N-])[C@H](OC(C)=O)OC(C)[C@@H]1OC(C)=O. The molecule has 5 atom stereocenters. The van der Waals surface area contributed by atoms with Crippen LogP contribution in [0.25, 0.3) is 10.4 Å². The molecule has 1 aliphatic rings. The van der Waals surface area contributed by atoms with Crippen LogP contribution in [0.4, 0.5) is 0 Å². The van der Waals surface area contributed by atoms with Gasteiger partial charge in [0.1, 0.15) is 6.04 Å². The standard InChI is InChI=1S/C12H17N3O7/c1-5-10(20-6(2)16)11(21-7(3)17)9(14-15-13)12(19-5)22-8(4)18/h5,9-12H,1-4H3/t5?,9?,10-,11?,12-/m0/s1. The molecule has 0 spiro atoms. The summed E-state index contributed by atoms with van der Waals surface area (Å²) in [4.78, 5) is 36.2. The molecule has 0 amide bonds. The molecule has 122 valence electrons. The fourth-order valence-electron chi connectivity index (χ4n) is 2.11. The second-order valence-corrected chi connectivity index (χ2v) is 4.66. The Morgan fingerprint density at radius 1 is 1.00 bits per heavy atom. The Labute approximate surface area is 126 Å². The number of rotatable bonds is 4. The molecule has 0 saturated carbocycles. The van der Waals surface area contributed by atoms with Crippen molar-refractivity contribution in [1.29, 1.82) is 0 Å². The molecule has 1 heterocycles. The molecule has 0 radical (unpaired) electrons. The van der Waals surface area contributed by atoms with E-state index in [1.165, 1.54) is 6.92 Å². The summed E-state index contributed by atoms with van der Waals surface area (Å²) in [6.07, 6.45) is -4.13. The molecule has 1 rings (SSSR count). The zero-order valence-corrected chi connectivity index (χ0v) is 12.6. The summed E-state index contributed by atoms with van der Waals surface area (Å²) in [6.45, 7) is 5.03. The first-order chi connectivity index (χ1) is 10.3.